The summed E-state index contributed by atoms with van der Waals surface area (Å²) in [5.74, 6) is 0.151. The molecule has 1 N–H and O–H groups in total. The van der Waals surface area contributed by atoms with Crippen molar-refractivity contribution in [2.45, 2.75) is 25.4 Å². The van der Waals surface area contributed by atoms with Crippen LogP contribution in [0.5, 0.6) is 0 Å². The maximum absolute atomic E-state index is 12.5. The monoisotopic (exact) mass is 388 g/mol. The van der Waals surface area contributed by atoms with E-state index in [1.54, 1.807) is 4.90 Å². The fraction of sp³-hybridized carbons (Fsp3) is 0.682. The predicted molar refractivity (Wildman–Crippen MR) is 114 cm³/mol. The average Bonchev–Trinajstić information content (AvgIpc) is 2.83. The number of carbonyl (C=O) groups is 1. The van der Waals surface area contributed by atoms with E-state index in [2.05, 4.69) is 52.9 Å². The molecule has 0 spiro atoms. The first kappa shape index (κ1) is 21.1. The van der Waals surface area contributed by atoms with Crippen molar-refractivity contribution in [3.63, 3.8) is 0 Å². The van der Waals surface area contributed by atoms with E-state index in [4.69, 9.17) is 0 Å². The summed E-state index contributed by atoms with van der Waals surface area (Å²) in [7, 11) is 5.73. The van der Waals surface area contributed by atoms with Crippen LogP contribution in [0.15, 0.2) is 24.3 Å². The Hall–Kier alpha value is -1.63. The van der Waals surface area contributed by atoms with Crippen LogP contribution in [0.4, 0.5) is 5.69 Å². The first-order valence-corrected chi connectivity index (χ1v) is 10.4. The molecule has 0 bridgehead atoms. The largest absolute Gasteiger partial charge is 0.388 e. The van der Waals surface area contributed by atoms with Crippen LogP contribution in [-0.2, 0) is 4.79 Å². The Bertz CT molecular complexity index is 670. The number of hydrogen-bond acceptors (Lipinski definition) is 5. The third-order valence-electron chi connectivity index (χ3n) is 6.18. The molecule has 1 aromatic rings. The highest BCUT2D eigenvalue weighted by Crippen LogP contribution is 2.28. The molecule has 1 unspecified atom stereocenters. The zero-order valence-corrected chi connectivity index (χ0v) is 17.9. The van der Waals surface area contributed by atoms with Crippen molar-refractivity contribution < 1.29 is 9.90 Å². The molecule has 2 heterocycles. The quantitative estimate of drug-likeness (QED) is 0.842. The van der Waals surface area contributed by atoms with Gasteiger partial charge in [-0.15, -0.1) is 0 Å². The lowest BCUT2D eigenvalue weighted by Gasteiger charge is -2.42. The summed E-state index contributed by atoms with van der Waals surface area (Å²) >= 11 is 0. The Kier molecular flexibility index (Phi) is 6.63. The van der Waals surface area contributed by atoms with E-state index in [-0.39, 0.29) is 11.8 Å². The number of anilines is 1. The number of amides is 1. The number of nitrogens with zero attached hydrogens (tertiary/aromatic N) is 4. The van der Waals surface area contributed by atoms with Crippen molar-refractivity contribution in [2.24, 2.45) is 5.92 Å². The highest BCUT2D eigenvalue weighted by molar-refractivity contribution is 5.78. The lowest BCUT2D eigenvalue weighted by atomic mass is 9.90. The number of hydrogen-bond donors (Lipinski definition) is 1. The first-order valence-electron chi connectivity index (χ1n) is 10.4. The van der Waals surface area contributed by atoms with Crippen LogP contribution in [0.2, 0.25) is 0 Å². The van der Waals surface area contributed by atoms with Crippen molar-refractivity contribution in [1.82, 2.24) is 14.7 Å². The molecule has 1 atom stereocenters. The molecule has 2 fully saturated rings. The van der Waals surface area contributed by atoms with Gasteiger partial charge in [0.25, 0.3) is 0 Å². The van der Waals surface area contributed by atoms with Gasteiger partial charge in [-0.2, -0.15) is 0 Å². The van der Waals surface area contributed by atoms with E-state index in [0.717, 1.165) is 52.1 Å². The molecule has 1 aromatic carbocycles. The van der Waals surface area contributed by atoms with Crippen molar-refractivity contribution in [1.29, 1.82) is 0 Å². The summed E-state index contributed by atoms with van der Waals surface area (Å²) in [6.07, 6.45) is 1.53. The van der Waals surface area contributed by atoms with E-state index in [9.17, 15) is 9.90 Å². The van der Waals surface area contributed by atoms with Gasteiger partial charge < -0.3 is 19.8 Å². The number of β-amino-alcohol motifs (C(OH)–C–C–N with tert-alkyl or cyclic N) is 1. The van der Waals surface area contributed by atoms with Gasteiger partial charge in [-0.05, 0) is 44.5 Å². The molecule has 156 valence electrons. The maximum atomic E-state index is 12.5. The number of aryl methyl sites for hydroxylation is 1. The molecule has 0 aromatic heterocycles. The molecule has 2 saturated heterocycles. The van der Waals surface area contributed by atoms with Gasteiger partial charge in [-0.3, -0.25) is 9.69 Å². The normalized spacial score (nSPS) is 24.0. The van der Waals surface area contributed by atoms with Gasteiger partial charge in [-0.1, -0.05) is 12.1 Å². The van der Waals surface area contributed by atoms with E-state index < -0.39 is 5.60 Å². The molecule has 0 aliphatic carbocycles. The van der Waals surface area contributed by atoms with Crippen LogP contribution >= 0.6 is 0 Å². The number of carbonyl (C=O) groups excluding carboxylic acids is 1. The Balaban J connectivity index is 1.60. The Morgan fingerprint density at radius 2 is 1.89 bits per heavy atom. The molecule has 3 rings (SSSR count). The molecule has 1 amide bonds. The molecule has 6 heteroatoms. The average molecular weight is 389 g/mol. The van der Waals surface area contributed by atoms with Crippen LogP contribution in [0.1, 0.15) is 18.4 Å². The van der Waals surface area contributed by atoms with Gasteiger partial charge in [-0.25, -0.2) is 0 Å². The first-order chi connectivity index (χ1) is 13.3. The summed E-state index contributed by atoms with van der Waals surface area (Å²) in [4.78, 5) is 21.1. The van der Waals surface area contributed by atoms with Gasteiger partial charge in [0.15, 0.2) is 0 Å². The van der Waals surface area contributed by atoms with Crippen molar-refractivity contribution in [2.75, 3.05) is 71.9 Å². The lowest BCUT2D eigenvalue weighted by Crippen LogP contribution is -2.52. The van der Waals surface area contributed by atoms with Crippen LogP contribution in [0.3, 0.4) is 0 Å². The smallest absolute Gasteiger partial charge is 0.227 e. The molecular formula is C22H36N4O2. The third-order valence-corrected chi connectivity index (χ3v) is 6.18. The molecule has 2 aliphatic heterocycles. The van der Waals surface area contributed by atoms with Crippen LogP contribution in [0.25, 0.3) is 0 Å². The molecule has 2 aliphatic rings. The number of rotatable bonds is 4. The highest BCUT2D eigenvalue weighted by Gasteiger charge is 2.36. The molecule has 0 radical (unpaired) electrons. The summed E-state index contributed by atoms with van der Waals surface area (Å²) in [6.45, 7) is 7.85. The standard InChI is InChI=1S/C22H36N4O2/c1-18-6-5-7-20(14-18)26-10-8-22(28,9-11-26)17-25-13-12-24(4)15-19(16-25)21(27)23(2)3/h5-7,14,19,28H,8-13,15-17H2,1-4H3. The van der Waals surface area contributed by atoms with Gasteiger partial charge in [0.05, 0.1) is 11.5 Å². The maximum Gasteiger partial charge on any atom is 0.227 e. The minimum absolute atomic E-state index is 0.0292. The summed E-state index contributed by atoms with van der Waals surface area (Å²) in [5.41, 5.74) is 1.84. The minimum Gasteiger partial charge on any atom is -0.388 e. The van der Waals surface area contributed by atoms with Crippen molar-refractivity contribution in [3.8, 4) is 0 Å². The van der Waals surface area contributed by atoms with Gasteiger partial charge in [0, 0.05) is 65.6 Å². The predicted octanol–water partition coefficient (Wildman–Crippen LogP) is 1.28. The third kappa shape index (κ3) is 5.25. The van der Waals surface area contributed by atoms with Crippen molar-refractivity contribution in [3.05, 3.63) is 29.8 Å². The second-order valence-electron chi connectivity index (χ2n) is 8.98. The molecular weight excluding hydrogens is 352 g/mol. The number of likely N-dealkylation sites (N-methyl/N-ethyl adjacent to an activating group) is 1. The van der Waals surface area contributed by atoms with Crippen molar-refractivity contribution >= 4 is 11.6 Å². The summed E-state index contributed by atoms with van der Waals surface area (Å²) < 4.78 is 0. The molecule has 6 nitrogen and oxygen atoms in total. The van der Waals surface area contributed by atoms with E-state index >= 15 is 0 Å². The summed E-state index contributed by atoms with van der Waals surface area (Å²) in [5, 5.41) is 11.3. The fourth-order valence-corrected chi connectivity index (χ4v) is 4.49. The Morgan fingerprint density at radius 1 is 1.18 bits per heavy atom. The zero-order valence-electron chi connectivity index (χ0n) is 17.9. The topological polar surface area (TPSA) is 50.3 Å². The Labute approximate surface area is 169 Å². The second-order valence-corrected chi connectivity index (χ2v) is 8.98. The van der Waals surface area contributed by atoms with E-state index in [0.29, 0.717) is 6.54 Å². The van der Waals surface area contributed by atoms with Gasteiger partial charge in [0.2, 0.25) is 5.91 Å². The number of benzene rings is 1. The molecule has 0 saturated carbocycles. The lowest BCUT2D eigenvalue weighted by molar-refractivity contribution is -0.134. The number of piperidine rings is 1. The minimum atomic E-state index is -0.672. The second kappa shape index (κ2) is 8.80. The number of aliphatic hydroxyl groups is 1. The SMILES string of the molecule is Cc1cccc(N2CCC(O)(CN3CCN(C)CC(C(=O)N(C)C)C3)CC2)c1. The zero-order chi connectivity index (χ0) is 20.3. The van der Waals surface area contributed by atoms with Crippen LogP contribution in [-0.4, -0.2) is 98.3 Å². The van der Waals surface area contributed by atoms with Gasteiger partial charge >= 0.3 is 0 Å². The Morgan fingerprint density at radius 3 is 2.54 bits per heavy atom. The van der Waals surface area contributed by atoms with Crippen LogP contribution in [0, 0.1) is 12.8 Å². The van der Waals surface area contributed by atoms with E-state index in [1.807, 2.05) is 14.1 Å². The highest BCUT2D eigenvalue weighted by atomic mass is 16.3. The van der Waals surface area contributed by atoms with E-state index in [1.165, 1.54) is 11.3 Å². The van der Waals surface area contributed by atoms with Crippen LogP contribution < -0.4 is 4.90 Å². The fourth-order valence-electron chi connectivity index (χ4n) is 4.49. The van der Waals surface area contributed by atoms with Gasteiger partial charge in [0.1, 0.15) is 0 Å². The molecule has 28 heavy (non-hydrogen) atoms. The summed E-state index contributed by atoms with van der Waals surface area (Å²) in [6, 6.07) is 8.58.